The minimum Gasteiger partial charge on any atom is -0.496 e. The van der Waals surface area contributed by atoms with Crippen molar-refractivity contribution in [3.05, 3.63) is 28.8 Å². The third kappa shape index (κ3) is 4.74. The predicted octanol–water partition coefficient (Wildman–Crippen LogP) is 1.86. The summed E-state index contributed by atoms with van der Waals surface area (Å²) in [5.74, 6) is -1.50. The molecule has 0 aromatic heterocycles. The zero-order valence-electron chi connectivity index (χ0n) is 16.2. The molecule has 0 saturated heterocycles. The maximum Gasteiger partial charge on any atom is 0.344 e. The molecule has 0 heterocycles. The van der Waals surface area contributed by atoms with E-state index in [1.807, 2.05) is 13.8 Å². The molecule has 0 spiro atoms. The first kappa shape index (κ1) is 21.5. The van der Waals surface area contributed by atoms with E-state index in [1.165, 1.54) is 6.92 Å². The fourth-order valence-electron chi connectivity index (χ4n) is 2.95. The fourth-order valence-corrected chi connectivity index (χ4v) is 2.95. The summed E-state index contributed by atoms with van der Waals surface area (Å²) >= 11 is 0. The Morgan fingerprint density at radius 1 is 1.00 bits per heavy atom. The minimum absolute atomic E-state index is 0.0697. The van der Waals surface area contributed by atoms with Gasteiger partial charge in [-0.15, -0.1) is 0 Å². The van der Waals surface area contributed by atoms with Crippen molar-refractivity contribution >= 4 is 17.8 Å². The largest absolute Gasteiger partial charge is 0.496 e. The number of rotatable bonds is 8. The Labute approximate surface area is 154 Å². The highest BCUT2D eigenvalue weighted by Crippen LogP contribution is 2.27. The van der Waals surface area contributed by atoms with Gasteiger partial charge in [0.1, 0.15) is 5.75 Å². The molecule has 0 saturated carbocycles. The summed E-state index contributed by atoms with van der Waals surface area (Å²) < 4.78 is 15.5. The number of amides is 1. The Hall–Kier alpha value is -2.57. The van der Waals surface area contributed by atoms with Crippen LogP contribution in [0.2, 0.25) is 0 Å². The SMILES string of the molecule is CCOC(=O)C(Cc1cc(C)c(OC)c(C)c1)(NC(C)=O)C(=O)OCC. The van der Waals surface area contributed by atoms with Crippen LogP contribution < -0.4 is 10.1 Å². The van der Waals surface area contributed by atoms with E-state index in [9.17, 15) is 14.4 Å². The van der Waals surface area contributed by atoms with Crippen molar-refractivity contribution in [1.82, 2.24) is 5.32 Å². The second-order valence-corrected chi connectivity index (χ2v) is 5.97. The molecule has 1 N–H and O–H groups in total. The van der Waals surface area contributed by atoms with E-state index in [4.69, 9.17) is 14.2 Å². The maximum atomic E-state index is 12.7. The first-order valence-corrected chi connectivity index (χ1v) is 8.49. The molecule has 1 aromatic rings. The summed E-state index contributed by atoms with van der Waals surface area (Å²) in [7, 11) is 1.58. The molecule has 0 radical (unpaired) electrons. The van der Waals surface area contributed by atoms with Gasteiger partial charge in [0.2, 0.25) is 11.4 Å². The van der Waals surface area contributed by atoms with Crippen molar-refractivity contribution in [2.45, 2.75) is 46.6 Å². The highest BCUT2D eigenvalue weighted by Gasteiger charge is 2.50. The van der Waals surface area contributed by atoms with Gasteiger partial charge in [-0.1, -0.05) is 12.1 Å². The third-order valence-electron chi connectivity index (χ3n) is 3.83. The van der Waals surface area contributed by atoms with Gasteiger partial charge in [0.05, 0.1) is 20.3 Å². The smallest absolute Gasteiger partial charge is 0.344 e. The summed E-state index contributed by atoms with van der Waals surface area (Å²) in [5.41, 5.74) is 0.445. The molecule has 0 aliphatic heterocycles. The van der Waals surface area contributed by atoms with E-state index in [0.717, 1.165) is 16.9 Å². The van der Waals surface area contributed by atoms with Crippen molar-refractivity contribution < 1.29 is 28.6 Å². The topological polar surface area (TPSA) is 90.9 Å². The quantitative estimate of drug-likeness (QED) is 0.558. The van der Waals surface area contributed by atoms with Crippen LogP contribution in [0.1, 0.15) is 37.5 Å². The second kappa shape index (κ2) is 9.22. The second-order valence-electron chi connectivity index (χ2n) is 5.97. The molecule has 144 valence electrons. The van der Waals surface area contributed by atoms with Gasteiger partial charge in [0.15, 0.2) is 0 Å². The number of benzene rings is 1. The number of carbonyl (C=O) groups is 3. The van der Waals surface area contributed by atoms with E-state index in [2.05, 4.69) is 5.32 Å². The molecule has 0 aliphatic carbocycles. The Morgan fingerprint density at radius 3 is 1.81 bits per heavy atom. The van der Waals surface area contributed by atoms with E-state index < -0.39 is 23.4 Å². The zero-order chi connectivity index (χ0) is 19.9. The third-order valence-corrected chi connectivity index (χ3v) is 3.83. The molecule has 26 heavy (non-hydrogen) atoms. The summed E-state index contributed by atoms with van der Waals surface area (Å²) in [6.45, 7) is 8.36. The Balaban J connectivity index is 3.45. The fraction of sp³-hybridized carbons (Fsp3) is 0.526. The molecular weight excluding hydrogens is 338 g/mol. The number of aryl methyl sites for hydroxylation is 2. The first-order chi connectivity index (χ1) is 12.2. The molecular formula is C19H27NO6. The van der Waals surface area contributed by atoms with Gasteiger partial charge in [-0.2, -0.15) is 0 Å². The van der Waals surface area contributed by atoms with Crippen LogP contribution in [0.5, 0.6) is 5.75 Å². The first-order valence-electron chi connectivity index (χ1n) is 8.49. The molecule has 1 amide bonds. The number of carbonyl (C=O) groups excluding carboxylic acids is 3. The summed E-state index contributed by atoms with van der Waals surface area (Å²) in [5, 5.41) is 2.46. The highest BCUT2D eigenvalue weighted by atomic mass is 16.6. The van der Waals surface area contributed by atoms with Crippen LogP contribution in [0.15, 0.2) is 12.1 Å². The molecule has 1 rings (SSSR count). The van der Waals surface area contributed by atoms with Gasteiger partial charge < -0.3 is 19.5 Å². The molecule has 7 heteroatoms. The number of ether oxygens (including phenoxy) is 3. The number of nitrogens with one attached hydrogen (secondary N) is 1. The van der Waals surface area contributed by atoms with Crippen molar-refractivity contribution in [2.75, 3.05) is 20.3 Å². The van der Waals surface area contributed by atoms with Crippen LogP contribution in [0.3, 0.4) is 0 Å². The van der Waals surface area contributed by atoms with Gasteiger partial charge in [0.25, 0.3) is 0 Å². The predicted molar refractivity (Wildman–Crippen MR) is 96.0 cm³/mol. The van der Waals surface area contributed by atoms with Crippen LogP contribution in [-0.4, -0.2) is 43.7 Å². The van der Waals surface area contributed by atoms with Crippen LogP contribution in [0, 0.1) is 13.8 Å². The van der Waals surface area contributed by atoms with Gasteiger partial charge in [0, 0.05) is 13.3 Å². The normalized spacial score (nSPS) is 10.8. The van der Waals surface area contributed by atoms with E-state index in [1.54, 1.807) is 33.1 Å². The lowest BCUT2D eigenvalue weighted by Crippen LogP contribution is -2.62. The van der Waals surface area contributed by atoms with E-state index in [0.29, 0.717) is 5.56 Å². The molecule has 7 nitrogen and oxygen atoms in total. The lowest BCUT2D eigenvalue weighted by molar-refractivity contribution is -0.168. The Bertz CT molecular complexity index is 642. The van der Waals surface area contributed by atoms with Crippen molar-refractivity contribution in [2.24, 2.45) is 0 Å². The lowest BCUT2D eigenvalue weighted by Gasteiger charge is -2.30. The van der Waals surface area contributed by atoms with Crippen LogP contribution >= 0.6 is 0 Å². The Morgan fingerprint density at radius 2 is 1.46 bits per heavy atom. The average molecular weight is 365 g/mol. The number of hydrogen-bond acceptors (Lipinski definition) is 6. The number of hydrogen-bond donors (Lipinski definition) is 1. The molecule has 0 unspecified atom stereocenters. The van der Waals surface area contributed by atoms with Crippen molar-refractivity contribution in [3.63, 3.8) is 0 Å². The van der Waals surface area contributed by atoms with Gasteiger partial charge in [-0.25, -0.2) is 9.59 Å². The average Bonchev–Trinajstić information content (AvgIpc) is 2.53. The monoisotopic (exact) mass is 365 g/mol. The van der Waals surface area contributed by atoms with Gasteiger partial charge >= 0.3 is 11.9 Å². The van der Waals surface area contributed by atoms with Crippen molar-refractivity contribution in [1.29, 1.82) is 0 Å². The van der Waals surface area contributed by atoms with Crippen LogP contribution in [0.25, 0.3) is 0 Å². The molecule has 0 atom stereocenters. The van der Waals surface area contributed by atoms with E-state index >= 15 is 0 Å². The van der Waals surface area contributed by atoms with E-state index in [-0.39, 0.29) is 19.6 Å². The molecule has 0 bridgehead atoms. The summed E-state index contributed by atoms with van der Waals surface area (Å²) in [6, 6.07) is 3.61. The minimum atomic E-state index is -1.94. The van der Waals surface area contributed by atoms with Crippen LogP contribution in [0.4, 0.5) is 0 Å². The molecule has 1 aromatic carbocycles. The van der Waals surface area contributed by atoms with Crippen LogP contribution in [-0.2, 0) is 30.3 Å². The van der Waals surface area contributed by atoms with Gasteiger partial charge in [-0.3, -0.25) is 4.79 Å². The number of methoxy groups -OCH3 is 1. The summed E-state index contributed by atoms with van der Waals surface area (Å²) in [6.07, 6.45) is -0.0874. The standard InChI is InChI=1S/C19H27NO6/c1-7-25-17(22)19(20-14(5)21,18(23)26-8-2)11-15-9-12(3)16(24-6)13(4)10-15/h9-10H,7-8,11H2,1-6H3,(H,20,21). The zero-order valence-corrected chi connectivity index (χ0v) is 16.2. The molecule has 0 aliphatic rings. The summed E-state index contributed by atoms with van der Waals surface area (Å²) in [4.78, 5) is 37.1. The lowest BCUT2D eigenvalue weighted by atomic mass is 9.88. The molecule has 0 fully saturated rings. The van der Waals surface area contributed by atoms with Gasteiger partial charge in [-0.05, 0) is 44.4 Å². The number of esters is 2. The Kier molecular flexibility index (Phi) is 7.61. The maximum absolute atomic E-state index is 12.7. The van der Waals surface area contributed by atoms with Crippen molar-refractivity contribution in [3.8, 4) is 5.75 Å². The highest BCUT2D eigenvalue weighted by molar-refractivity contribution is 6.08.